The Hall–Kier alpha value is -1.42. The molecule has 4 heteroatoms. The predicted octanol–water partition coefficient (Wildman–Crippen LogP) is 3.61. The monoisotopic (exact) mass is 330 g/mol. The van der Waals surface area contributed by atoms with Gasteiger partial charge in [0.15, 0.2) is 0 Å². The van der Waals surface area contributed by atoms with Crippen LogP contribution in [0.4, 0.5) is 4.39 Å². The maximum atomic E-state index is 13.7. The molecule has 0 radical (unpaired) electrons. The first-order valence-electron chi connectivity index (χ1n) is 9.40. The summed E-state index contributed by atoms with van der Waals surface area (Å²) in [5, 5.41) is 0. The molecule has 0 aromatic heterocycles. The molecule has 1 saturated carbocycles. The number of rotatable bonds is 2. The van der Waals surface area contributed by atoms with Crippen molar-refractivity contribution < 1.29 is 9.18 Å². The number of amides is 1. The van der Waals surface area contributed by atoms with Crippen LogP contribution in [0.25, 0.3) is 0 Å². The van der Waals surface area contributed by atoms with Crippen molar-refractivity contribution in [2.75, 3.05) is 19.6 Å². The zero-order chi connectivity index (χ0) is 16.7. The molecular formula is C20H27FN2O. The van der Waals surface area contributed by atoms with E-state index in [1.54, 1.807) is 19.1 Å². The fourth-order valence-electron chi connectivity index (χ4n) is 5.27. The summed E-state index contributed by atoms with van der Waals surface area (Å²) in [5.41, 5.74) is 0.961. The second-order valence-corrected chi connectivity index (χ2v) is 7.84. The summed E-state index contributed by atoms with van der Waals surface area (Å²) in [5.74, 6) is 0.881. The number of carbonyl (C=O) groups is 1. The molecule has 0 bridgehead atoms. The first kappa shape index (κ1) is 16.1. The number of likely N-dealkylation sites (tertiary alicyclic amines) is 2. The molecule has 1 amide bonds. The van der Waals surface area contributed by atoms with Gasteiger partial charge in [0.2, 0.25) is 5.91 Å². The number of hydrogen-bond acceptors (Lipinski definition) is 2. The van der Waals surface area contributed by atoms with E-state index in [4.69, 9.17) is 0 Å². The molecule has 24 heavy (non-hydrogen) atoms. The lowest BCUT2D eigenvalue weighted by Gasteiger charge is -2.34. The fraction of sp³-hybridized carbons (Fsp3) is 0.650. The smallest absolute Gasteiger partial charge is 0.219 e. The molecule has 1 aromatic carbocycles. The number of benzene rings is 1. The second-order valence-electron chi connectivity index (χ2n) is 7.84. The van der Waals surface area contributed by atoms with Gasteiger partial charge in [0, 0.05) is 38.5 Å². The maximum Gasteiger partial charge on any atom is 0.219 e. The topological polar surface area (TPSA) is 23.6 Å². The molecule has 4 rings (SSSR count). The van der Waals surface area contributed by atoms with Gasteiger partial charge in [-0.1, -0.05) is 31.4 Å². The first-order chi connectivity index (χ1) is 11.6. The van der Waals surface area contributed by atoms with Crippen molar-refractivity contribution in [3.63, 3.8) is 0 Å². The van der Waals surface area contributed by atoms with Gasteiger partial charge in [0.25, 0.3) is 0 Å². The minimum absolute atomic E-state index is 0.0387. The molecule has 0 N–H and O–H groups in total. The van der Waals surface area contributed by atoms with Crippen LogP contribution in [0.2, 0.25) is 0 Å². The van der Waals surface area contributed by atoms with Gasteiger partial charge in [-0.2, -0.15) is 0 Å². The molecule has 0 unspecified atom stereocenters. The van der Waals surface area contributed by atoms with Crippen LogP contribution in [-0.4, -0.2) is 41.4 Å². The highest BCUT2D eigenvalue weighted by Crippen LogP contribution is 2.46. The summed E-state index contributed by atoms with van der Waals surface area (Å²) in [7, 11) is 0. The Morgan fingerprint density at radius 1 is 1.12 bits per heavy atom. The van der Waals surface area contributed by atoms with Gasteiger partial charge in [0.1, 0.15) is 5.82 Å². The van der Waals surface area contributed by atoms with Crippen molar-refractivity contribution in [2.45, 2.75) is 51.1 Å². The lowest BCUT2D eigenvalue weighted by molar-refractivity contribution is -0.130. The highest BCUT2D eigenvalue weighted by Gasteiger charge is 2.49. The summed E-state index contributed by atoms with van der Waals surface area (Å²) in [6.07, 6.45) is 6.72. The minimum Gasteiger partial charge on any atom is -0.335 e. The van der Waals surface area contributed by atoms with Gasteiger partial charge in [-0.25, -0.2) is 4.39 Å². The number of hydrogen-bond donors (Lipinski definition) is 0. The summed E-state index contributed by atoms with van der Waals surface area (Å²) < 4.78 is 13.7. The summed E-state index contributed by atoms with van der Waals surface area (Å²) in [4.78, 5) is 16.8. The van der Waals surface area contributed by atoms with E-state index in [1.165, 1.54) is 38.2 Å². The van der Waals surface area contributed by atoms with Gasteiger partial charge >= 0.3 is 0 Å². The quantitative estimate of drug-likeness (QED) is 0.827. The SMILES string of the molecule is CC(=O)N1C[C@H]2CN(C3CCCCC3)C[C@H]2[C@@H]1c1cccc(F)c1. The van der Waals surface area contributed by atoms with E-state index in [-0.39, 0.29) is 17.8 Å². The third kappa shape index (κ3) is 2.85. The van der Waals surface area contributed by atoms with Crippen LogP contribution >= 0.6 is 0 Å². The van der Waals surface area contributed by atoms with Crippen LogP contribution < -0.4 is 0 Å². The Labute approximate surface area is 143 Å². The molecular weight excluding hydrogens is 303 g/mol. The molecule has 2 aliphatic heterocycles. The zero-order valence-corrected chi connectivity index (χ0v) is 14.5. The van der Waals surface area contributed by atoms with E-state index in [2.05, 4.69) is 4.90 Å². The average molecular weight is 330 g/mol. The largest absolute Gasteiger partial charge is 0.335 e. The van der Waals surface area contributed by atoms with Crippen LogP contribution in [0.1, 0.15) is 50.6 Å². The zero-order valence-electron chi connectivity index (χ0n) is 14.5. The van der Waals surface area contributed by atoms with Crippen molar-refractivity contribution in [1.29, 1.82) is 0 Å². The van der Waals surface area contributed by atoms with Gasteiger partial charge in [0.05, 0.1) is 6.04 Å². The van der Waals surface area contributed by atoms with Crippen molar-refractivity contribution in [3.8, 4) is 0 Å². The maximum absolute atomic E-state index is 13.7. The Morgan fingerprint density at radius 3 is 2.62 bits per heavy atom. The third-order valence-electron chi connectivity index (χ3n) is 6.38. The average Bonchev–Trinajstić information content (AvgIpc) is 3.13. The van der Waals surface area contributed by atoms with Crippen LogP contribution in [-0.2, 0) is 4.79 Å². The van der Waals surface area contributed by atoms with Crippen LogP contribution in [0.3, 0.4) is 0 Å². The van der Waals surface area contributed by atoms with Crippen LogP contribution in [0, 0.1) is 17.7 Å². The summed E-state index contributed by atoms with van der Waals surface area (Å²) >= 11 is 0. The van der Waals surface area contributed by atoms with Gasteiger partial charge in [-0.3, -0.25) is 9.69 Å². The van der Waals surface area contributed by atoms with E-state index in [1.807, 2.05) is 11.0 Å². The van der Waals surface area contributed by atoms with E-state index in [0.29, 0.717) is 11.8 Å². The molecule has 3 atom stereocenters. The highest BCUT2D eigenvalue weighted by atomic mass is 19.1. The Kier molecular flexibility index (Phi) is 4.33. The number of carbonyl (C=O) groups excluding carboxylic acids is 1. The lowest BCUT2D eigenvalue weighted by atomic mass is 9.89. The van der Waals surface area contributed by atoms with Crippen molar-refractivity contribution in [3.05, 3.63) is 35.6 Å². The fourth-order valence-corrected chi connectivity index (χ4v) is 5.27. The number of nitrogens with zero attached hydrogens (tertiary/aromatic N) is 2. The van der Waals surface area contributed by atoms with E-state index in [9.17, 15) is 9.18 Å². The van der Waals surface area contributed by atoms with E-state index in [0.717, 1.165) is 31.2 Å². The lowest BCUT2D eigenvalue weighted by Crippen LogP contribution is -2.39. The molecule has 130 valence electrons. The molecule has 2 saturated heterocycles. The van der Waals surface area contributed by atoms with Gasteiger partial charge in [-0.05, 0) is 36.5 Å². The number of fused-ring (bicyclic) bond motifs is 1. The van der Waals surface area contributed by atoms with Crippen molar-refractivity contribution in [2.24, 2.45) is 11.8 Å². The van der Waals surface area contributed by atoms with Crippen molar-refractivity contribution >= 4 is 5.91 Å². The number of halogens is 1. The minimum atomic E-state index is -0.207. The summed E-state index contributed by atoms with van der Waals surface area (Å²) in [6.45, 7) is 4.63. The Bertz CT molecular complexity index is 613. The van der Waals surface area contributed by atoms with Crippen LogP contribution in [0.15, 0.2) is 24.3 Å². The molecule has 1 aliphatic carbocycles. The van der Waals surface area contributed by atoms with Crippen LogP contribution in [0.5, 0.6) is 0 Å². The highest BCUT2D eigenvalue weighted by molar-refractivity contribution is 5.74. The molecule has 3 nitrogen and oxygen atoms in total. The molecule has 3 aliphatic rings. The van der Waals surface area contributed by atoms with Gasteiger partial charge < -0.3 is 4.90 Å². The summed E-state index contributed by atoms with van der Waals surface area (Å²) in [6, 6.07) is 7.61. The standard InChI is InChI=1S/C20H27FN2O/c1-14(24)23-12-16-11-22(18-8-3-2-4-9-18)13-19(16)20(23)15-6-5-7-17(21)10-15/h5-7,10,16,18-20H,2-4,8-9,11-13H2,1H3/t16-,19-,20+/m1/s1. The second kappa shape index (κ2) is 6.47. The molecule has 0 spiro atoms. The Balaban J connectivity index is 1.57. The van der Waals surface area contributed by atoms with Crippen molar-refractivity contribution in [1.82, 2.24) is 9.80 Å². The van der Waals surface area contributed by atoms with E-state index >= 15 is 0 Å². The van der Waals surface area contributed by atoms with E-state index < -0.39 is 0 Å². The predicted molar refractivity (Wildman–Crippen MR) is 92.0 cm³/mol. The first-order valence-corrected chi connectivity index (χ1v) is 9.40. The third-order valence-corrected chi connectivity index (χ3v) is 6.38. The van der Waals surface area contributed by atoms with Gasteiger partial charge in [-0.15, -0.1) is 0 Å². The Morgan fingerprint density at radius 2 is 1.92 bits per heavy atom. The molecule has 3 fully saturated rings. The molecule has 2 heterocycles. The molecule has 1 aromatic rings. The normalized spacial score (nSPS) is 31.4.